The first-order valence-corrected chi connectivity index (χ1v) is 9.49. The van der Waals surface area contributed by atoms with Gasteiger partial charge >= 0.3 is 0 Å². The Morgan fingerprint density at radius 1 is 1.31 bits per heavy atom. The van der Waals surface area contributed by atoms with Gasteiger partial charge in [-0.3, -0.25) is 4.99 Å². The number of rotatable bonds is 9. The Morgan fingerprint density at radius 3 is 2.85 bits per heavy atom. The van der Waals surface area contributed by atoms with Crippen LogP contribution in [0.2, 0.25) is 0 Å². The Kier molecular flexibility index (Phi) is 9.20. The van der Waals surface area contributed by atoms with Crippen LogP contribution in [0.4, 0.5) is 5.82 Å². The van der Waals surface area contributed by atoms with E-state index < -0.39 is 0 Å². The van der Waals surface area contributed by atoms with Gasteiger partial charge < -0.3 is 25.0 Å². The molecule has 0 aromatic carbocycles. The van der Waals surface area contributed by atoms with Crippen LogP contribution in [0, 0.1) is 5.92 Å². The van der Waals surface area contributed by atoms with E-state index in [9.17, 15) is 0 Å². The number of hydrogen-bond donors (Lipinski definition) is 2. The Balaban J connectivity index is 1.76. The van der Waals surface area contributed by atoms with Gasteiger partial charge in [-0.05, 0) is 18.4 Å². The lowest BCUT2D eigenvalue weighted by Gasteiger charge is -2.29. The fraction of sp³-hybridized carbons (Fsp3) is 0.684. The number of aromatic nitrogens is 1. The Labute approximate surface area is 157 Å². The number of guanidine groups is 1. The first-order valence-electron chi connectivity index (χ1n) is 9.49. The van der Waals surface area contributed by atoms with Crippen molar-refractivity contribution in [2.45, 2.75) is 26.8 Å². The summed E-state index contributed by atoms with van der Waals surface area (Å²) >= 11 is 0. The summed E-state index contributed by atoms with van der Waals surface area (Å²) in [5, 5.41) is 6.65. The number of nitrogens with one attached hydrogen (secondary N) is 2. The smallest absolute Gasteiger partial charge is 0.191 e. The third-order valence-electron chi connectivity index (χ3n) is 4.23. The molecule has 1 aromatic rings. The SMILES string of the molecule is CN=C(NCCOCCC(C)C)NCc1cccnc1N1CCOCC1. The van der Waals surface area contributed by atoms with Crippen molar-refractivity contribution in [3.63, 3.8) is 0 Å². The van der Waals surface area contributed by atoms with Crippen molar-refractivity contribution in [1.82, 2.24) is 15.6 Å². The highest BCUT2D eigenvalue weighted by atomic mass is 16.5. The molecule has 1 saturated heterocycles. The fourth-order valence-electron chi connectivity index (χ4n) is 2.69. The van der Waals surface area contributed by atoms with E-state index in [2.05, 4.69) is 45.4 Å². The van der Waals surface area contributed by atoms with E-state index >= 15 is 0 Å². The predicted octanol–water partition coefficient (Wildman–Crippen LogP) is 1.65. The first kappa shape index (κ1) is 20.5. The van der Waals surface area contributed by atoms with Gasteiger partial charge in [0.15, 0.2) is 5.96 Å². The van der Waals surface area contributed by atoms with E-state index in [1.165, 1.54) is 0 Å². The molecule has 1 aliphatic rings. The summed E-state index contributed by atoms with van der Waals surface area (Å²) in [6.07, 6.45) is 2.94. The lowest BCUT2D eigenvalue weighted by Crippen LogP contribution is -2.40. The minimum Gasteiger partial charge on any atom is -0.380 e. The fourth-order valence-corrected chi connectivity index (χ4v) is 2.69. The Morgan fingerprint density at radius 2 is 2.12 bits per heavy atom. The Bertz CT molecular complexity index is 544. The number of morpholine rings is 1. The number of ether oxygens (including phenoxy) is 2. The zero-order valence-corrected chi connectivity index (χ0v) is 16.3. The molecule has 0 spiro atoms. The van der Waals surface area contributed by atoms with Gasteiger partial charge in [0.1, 0.15) is 5.82 Å². The first-order chi connectivity index (χ1) is 12.7. The number of pyridine rings is 1. The minimum atomic E-state index is 0.675. The molecule has 0 atom stereocenters. The molecule has 2 N–H and O–H groups in total. The van der Waals surface area contributed by atoms with Crippen LogP contribution in [0.3, 0.4) is 0 Å². The van der Waals surface area contributed by atoms with Crippen LogP contribution in [-0.2, 0) is 16.0 Å². The van der Waals surface area contributed by atoms with Crippen LogP contribution in [0.25, 0.3) is 0 Å². The topological polar surface area (TPSA) is 71.0 Å². The molecule has 0 radical (unpaired) electrons. The van der Waals surface area contributed by atoms with E-state index in [0.29, 0.717) is 19.1 Å². The standard InChI is InChI=1S/C19H33N5O2/c1-16(2)6-11-25-12-8-22-19(20-3)23-15-17-5-4-7-21-18(17)24-9-13-26-14-10-24/h4-5,7,16H,6,8-15H2,1-3H3,(H2,20,22,23). The van der Waals surface area contributed by atoms with Gasteiger partial charge in [0, 0.05) is 51.6 Å². The number of hydrogen-bond acceptors (Lipinski definition) is 5. The van der Waals surface area contributed by atoms with Crippen molar-refractivity contribution >= 4 is 11.8 Å². The highest BCUT2D eigenvalue weighted by molar-refractivity contribution is 5.79. The highest BCUT2D eigenvalue weighted by Crippen LogP contribution is 2.18. The van der Waals surface area contributed by atoms with Gasteiger partial charge in [0.05, 0.1) is 19.8 Å². The molecule has 2 rings (SSSR count). The van der Waals surface area contributed by atoms with Gasteiger partial charge in [0.25, 0.3) is 0 Å². The lowest BCUT2D eigenvalue weighted by molar-refractivity contribution is 0.122. The number of nitrogens with zero attached hydrogens (tertiary/aromatic N) is 3. The summed E-state index contributed by atoms with van der Waals surface area (Å²) in [6.45, 7) is 10.6. The maximum absolute atomic E-state index is 5.63. The maximum Gasteiger partial charge on any atom is 0.191 e. The second-order valence-corrected chi connectivity index (χ2v) is 6.73. The molecule has 7 nitrogen and oxygen atoms in total. The van der Waals surface area contributed by atoms with Crippen LogP contribution in [-0.4, -0.2) is 64.1 Å². The summed E-state index contributed by atoms with van der Waals surface area (Å²) in [5.74, 6) is 2.47. The lowest BCUT2D eigenvalue weighted by atomic mass is 10.1. The zero-order chi connectivity index (χ0) is 18.6. The molecule has 26 heavy (non-hydrogen) atoms. The average Bonchev–Trinajstić information content (AvgIpc) is 2.67. The predicted molar refractivity (Wildman–Crippen MR) is 106 cm³/mol. The van der Waals surface area contributed by atoms with E-state index in [-0.39, 0.29) is 0 Å². The quantitative estimate of drug-likeness (QED) is 0.395. The normalized spacial score (nSPS) is 15.4. The third kappa shape index (κ3) is 7.17. The molecule has 0 amide bonds. The minimum absolute atomic E-state index is 0.675. The monoisotopic (exact) mass is 363 g/mol. The molecule has 146 valence electrons. The van der Waals surface area contributed by atoms with Gasteiger partial charge in [-0.1, -0.05) is 19.9 Å². The summed E-state index contributed by atoms with van der Waals surface area (Å²) in [4.78, 5) is 11.1. The summed E-state index contributed by atoms with van der Waals surface area (Å²) in [7, 11) is 1.78. The molecule has 0 saturated carbocycles. The molecule has 0 bridgehead atoms. The molecule has 1 aromatic heterocycles. The van der Waals surface area contributed by atoms with E-state index in [4.69, 9.17) is 9.47 Å². The molecular weight excluding hydrogens is 330 g/mol. The third-order valence-corrected chi connectivity index (χ3v) is 4.23. The Hall–Kier alpha value is -1.86. The molecule has 1 fully saturated rings. The van der Waals surface area contributed by atoms with Crippen molar-refractivity contribution in [1.29, 1.82) is 0 Å². The second-order valence-electron chi connectivity index (χ2n) is 6.73. The van der Waals surface area contributed by atoms with Crippen LogP contribution in [0.5, 0.6) is 0 Å². The summed E-state index contributed by atoms with van der Waals surface area (Å²) in [5.41, 5.74) is 1.16. The van der Waals surface area contributed by atoms with Crippen molar-refractivity contribution in [2.24, 2.45) is 10.9 Å². The van der Waals surface area contributed by atoms with E-state index in [0.717, 1.165) is 63.2 Å². The van der Waals surface area contributed by atoms with Crippen molar-refractivity contribution in [3.8, 4) is 0 Å². The van der Waals surface area contributed by atoms with E-state index in [1.807, 2.05) is 12.3 Å². The van der Waals surface area contributed by atoms with Crippen LogP contribution < -0.4 is 15.5 Å². The van der Waals surface area contributed by atoms with Crippen molar-refractivity contribution in [2.75, 3.05) is 58.0 Å². The molecule has 2 heterocycles. The molecule has 1 aliphatic heterocycles. The highest BCUT2D eigenvalue weighted by Gasteiger charge is 2.15. The van der Waals surface area contributed by atoms with Gasteiger partial charge in [0.2, 0.25) is 0 Å². The zero-order valence-electron chi connectivity index (χ0n) is 16.3. The molecular formula is C19H33N5O2. The average molecular weight is 364 g/mol. The van der Waals surface area contributed by atoms with Gasteiger partial charge in [-0.2, -0.15) is 0 Å². The van der Waals surface area contributed by atoms with E-state index in [1.54, 1.807) is 7.05 Å². The van der Waals surface area contributed by atoms with Crippen molar-refractivity contribution in [3.05, 3.63) is 23.9 Å². The molecule has 0 aliphatic carbocycles. The van der Waals surface area contributed by atoms with Crippen LogP contribution >= 0.6 is 0 Å². The van der Waals surface area contributed by atoms with Crippen LogP contribution in [0.1, 0.15) is 25.8 Å². The summed E-state index contributed by atoms with van der Waals surface area (Å²) in [6, 6.07) is 4.08. The largest absolute Gasteiger partial charge is 0.380 e. The number of anilines is 1. The number of aliphatic imine (C=N–C) groups is 1. The molecule has 7 heteroatoms. The summed E-state index contributed by atoms with van der Waals surface area (Å²) < 4.78 is 11.1. The maximum atomic E-state index is 5.63. The van der Waals surface area contributed by atoms with Gasteiger partial charge in [-0.25, -0.2) is 4.98 Å². The van der Waals surface area contributed by atoms with Crippen LogP contribution in [0.15, 0.2) is 23.3 Å². The van der Waals surface area contributed by atoms with Crippen molar-refractivity contribution < 1.29 is 9.47 Å². The molecule has 0 unspecified atom stereocenters. The second kappa shape index (κ2) is 11.7. The van der Waals surface area contributed by atoms with Gasteiger partial charge in [-0.15, -0.1) is 0 Å².